The van der Waals surface area contributed by atoms with Crippen molar-refractivity contribution in [3.63, 3.8) is 0 Å². The largest absolute Gasteiger partial charge is 0.355 e. The first-order chi connectivity index (χ1) is 11.2. The van der Waals surface area contributed by atoms with Crippen LogP contribution < -0.4 is 5.32 Å². The number of aromatic nitrogens is 2. The summed E-state index contributed by atoms with van der Waals surface area (Å²) in [4.78, 5) is 14.5. The molecular formula is C18H28N4O. The Balaban J connectivity index is 1.36. The number of amides is 1. The van der Waals surface area contributed by atoms with Crippen molar-refractivity contribution in [3.05, 3.63) is 29.6 Å². The summed E-state index contributed by atoms with van der Waals surface area (Å²) in [6.07, 6.45) is 12.8. The normalized spacial score (nSPS) is 22.1. The Labute approximate surface area is 138 Å². The molecule has 5 nitrogen and oxygen atoms in total. The van der Waals surface area contributed by atoms with E-state index in [1.54, 1.807) is 0 Å². The van der Waals surface area contributed by atoms with Crippen LogP contribution in [0.25, 0.3) is 0 Å². The van der Waals surface area contributed by atoms with E-state index in [1.165, 1.54) is 30.4 Å². The summed E-state index contributed by atoms with van der Waals surface area (Å²) < 4.78 is 1.85. The van der Waals surface area contributed by atoms with Crippen LogP contribution in [0.2, 0.25) is 0 Å². The molecule has 5 heteroatoms. The predicted octanol–water partition coefficient (Wildman–Crippen LogP) is 2.25. The number of rotatable bonds is 6. The first kappa shape index (κ1) is 16.2. The summed E-state index contributed by atoms with van der Waals surface area (Å²) in [7, 11) is 1.95. The van der Waals surface area contributed by atoms with Crippen molar-refractivity contribution in [1.82, 2.24) is 20.0 Å². The monoisotopic (exact) mass is 316 g/mol. The number of carbonyl (C=O) groups excluding carboxylic acids is 1. The van der Waals surface area contributed by atoms with Gasteiger partial charge < -0.3 is 5.32 Å². The van der Waals surface area contributed by atoms with Crippen LogP contribution in [0.4, 0.5) is 0 Å². The van der Waals surface area contributed by atoms with E-state index in [0.29, 0.717) is 12.3 Å². The fourth-order valence-corrected chi connectivity index (χ4v) is 3.63. The molecule has 126 valence electrons. The van der Waals surface area contributed by atoms with Gasteiger partial charge in [-0.3, -0.25) is 14.4 Å². The standard InChI is InChI=1S/C18H28N4O/c1-21-12-17(11-20-21)14-22-8-7-16(13-22)10-19-18(23)9-15-5-3-2-4-6-15/h5,11-12,16H,2-4,6-10,13-14H2,1H3,(H,19,23)/t16-/m0/s1. The highest BCUT2D eigenvalue weighted by atomic mass is 16.1. The molecule has 0 spiro atoms. The summed E-state index contributed by atoms with van der Waals surface area (Å²) in [5.41, 5.74) is 2.60. The second-order valence-electron chi connectivity index (χ2n) is 7.00. The van der Waals surface area contributed by atoms with Crippen molar-refractivity contribution >= 4 is 5.91 Å². The van der Waals surface area contributed by atoms with Gasteiger partial charge >= 0.3 is 0 Å². The molecule has 1 aliphatic heterocycles. The van der Waals surface area contributed by atoms with Gasteiger partial charge in [0.2, 0.25) is 5.91 Å². The van der Waals surface area contributed by atoms with Gasteiger partial charge in [-0.15, -0.1) is 0 Å². The van der Waals surface area contributed by atoms with Gasteiger partial charge in [-0.1, -0.05) is 11.6 Å². The summed E-state index contributed by atoms with van der Waals surface area (Å²) in [5, 5.41) is 7.36. The third kappa shape index (κ3) is 4.93. The molecule has 0 saturated carbocycles. The van der Waals surface area contributed by atoms with Crippen LogP contribution in [-0.2, 0) is 18.4 Å². The molecule has 1 atom stereocenters. The van der Waals surface area contributed by atoms with Gasteiger partial charge in [0.25, 0.3) is 0 Å². The van der Waals surface area contributed by atoms with Gasteiger partial charge in [-0.2, -0.15) is 5.10 Å². The Morgan fingerprint density at radius 3 is 3.09 bits per heavy atom. The minimum Gasteiger partial charge on any atom is -0.355 e. The summed E-state index contributed by atoms with van der Waals surface area (Å²) in [6, 6.07) is 0. The summed E-state index contributed by atoms with van der Waals surface area (Å²) >= 11 is 0. The maximum Gasteiger partial charge on any atom is 0.224 e. The lowest BCUT2D eigenvalue weighted by atomic mass is 9.97. The summed E-state index contributed by atoms with van der Waals surface area (Å²) in [5.74, 6) is 0.778. The minimum atomic E-state index is 0.198. The van der Waals surface area contributed by atoms with Crippen LogP contribution in [0.1, 0.15) is 44.1 Å². The molecule has 1 aromatic rings. The van der Waals surface area contributed by atoms with Crippen molar-refractivity contribution in [3.8, 4) is 0 Å². The van der Waals surface area contributed by atoms with Gasteiger partial charge in [0.05, 0.1) is 6.20 Å². The lowest BCUT2D eigenvalue weighted by Crippen LogP contribution is -2.31. The maximum atomic E-state index is 12.1. The topological polar surface area (TPSA) is 50.2 Å². The van der Waals surface area contributed by atoms with Gasteiger partial charge in [-0.25, -0.2) is 0 Å². The fourth-order valence-electron chi connectivity index (χ4n) is 3.63. The van der Waals surface area contributed by atoms with Crippen LogP contribution in [0, 0.1) is 5.92 Å². The predicted molar refractivity (Wildman–Crippen MR) is 90.8 cm³/mol. The lowest BCUT2D eigenvalue weighted by Gasteiger charge is -2.16. The number of nitrogens with zero attached hydrogens (tertiary/aromatic N) is 3. The number of likely N-dealkylation sites (tertiary alicyclic amines) is 1. The Morgan fingerprint density at radius 1 is 1.43 bits per heavy atom. The average Bonchev–Trinajstić information content (AvgIpc) is 3.16. The van der Waals surface area contributed by atoms with Crippen molar-refractivity contribution in [2.24, 2.45) is 13.0 Å². The van der Waals surface area contributed by atoms with Crippen LogP contribution >= 0.6 is 0 Å². The highest BCUT2D eigenvalue weighted by Gasteiger charge is 2.23. The number of allylic oxidation sites excluding steroid dienone is 1. The van der Waals surface area contributed by atoms with Crippen LogP contribution in [0.3, 0.4) is 0 Å². The quantitative estimate of drug-likeness (QED) is 0.819. The second-order valence-corrected chi connectivity index (χ2v) is 7.00. The first-order valence-electron chi connectivity index (χ1n) is 8.83. The SMILES string of the molecule is Cn1cc(CN2CC[C@@H](CNC(=O)CC3=CCCCC3)C2)cn1. The van der Waals surface area contributed by atoms with E-state index >= 15 is 0 Å². The van der Waals surface area contributed by atoms with Gasteiger partial charge in [0.15, 0.2) is 0 Å². The van der Waals surface area contributed by atoms with E-state index in [-0.39, 0.29) is 5.91 Å². The Kier molecular flexibility index (Phi) is 5.49. The molecule has 1 aliphatic carbocycles. The molecule has 2 heterocycles. The van der Waals surface area contributed by atoms with Gasteiger partial charge in [0.1, 0.15) is 0 Å². The number of nitrogens with one attached hydrogen (secondary N) is 1. The second kappa shape index (κ2) is 7.77. The van der Waals surface area contributed by atoms with Crippen LogP contribution in [0.15, 0.2) is 24.0 Å². The molecule has 23 heavy (non-hydrogen) atoms. The van der Waals surface area contributed by atoms with Crippen LogP contribution in [0.5, 0.6) is 0 Å². The number of aryl methyl sites for hydroxylation is 1. The zero-order valence-corrected chi connectivity index (χ0v) is 14.1. The van der Waals surface area contributed by atoms with E-state index in [2.05, 4.69) is 27.6 Å². The molecule has 1 saturated heterocycles. The Hall–Kier alpha value is -1.62. The molecule has 1 amide bonds. The van der Waals surface area contributed by atoms with E-state index < -0.39 is 0 Å². The summed E-state index contributed by atoms with van der Waals surface area (Å²) in [6.45, 7) is 3.96. The molecule has 0 aromatic carbocycles. The van der Waals surface area contributed by atoms with Crippen molar-refractivity contribution < 1.29 is 4.79 Å². The molecule has 1 aromatic heterocycles. The Bertz CT molecular complexity index is 563. The molecule has 1 N–H and O–H groups in total. The molecule has 0 unspecified atom stereocenters. The zero-order valence-electron chi connectivity index (χ0n) is 14.1. The van der Waals surface area contributed by atoms with Crippen LogP contribution in [-0.4, -0.2) is 40.2 Å². The van der Waals surface area contributed by atoms with Crippen molar-refractivity contribution in [1.29, 1.82) is 0 Å². The lowest BCUT2D eigenvalue weighted by molar-refractivity contribution is -0.120. The van der Waals surface area contributed by atoms with Gasteiger partial charge in [0, 0.05) is 44.9 Å². The van der Waals surface area contributed by atoms with E-state index in [1.807, 2.05) is 17.9 Å². The maximum absolute atomic E-state index is 12.1. The molecule has 0 radical (unpaired) electrons. The number of hydrogen-bond acceptors (Lipinski definition) is 3. The number of carbonyl (C=O) groups is 1. The third-order valence-corrected chi connectivity index (χ3v) is 4.90. The van der Waals surface area contributed by atoms with Crippen molar-refractivity contribution in [2.75, 3.05) is 19.6 Å². The first-order valence-corrected chi connectivity index (χ1v) is 8.83. The zero-order chi connectivity index (χ0) is 16.1. The highest BCUT2D eigenvalue weighted by Crippen LogP contribution is 2.20. The molecule has 1 fully saturated rings. The Morgan fingerprint density at radius 2 is 2.35 bits per heavy atom. The fraction of sp³-hybridized carbons (Fsp3) is 0.667. The van der Waals surface area contributed by atoms with E-state index in [4.69, 9.17) is 0 Å². The van der Waals surface area contributed by atoms with Crippen molar-refractivity contribution in [2.45, 2.75) is 45.1 Å². The molecular weight excluding hydrogens is 288 g/mol. The number of hydrogen-bond donors (Lipinski definition) is 1. The van der Waals surface area contributed by atoms with E-state index in [0.717, 1.165) is 39.0 Å². The molecule has 2 aliphatic rings. The van der Waals surface area contributed by atoms with Gasteiger partial charge in [-0.05, 0) is 44.6 Å². The third-order valence-electron chi connectivity index (χ3n) is 4.90. The van der Waals surface area contributed by atoms with E-state index in [9.17, 15) is 4.79 Å². The highest BCUT2D eigenvalue weighted by molar-refractivity contribution is 5.78. The smallest absolute Gasteiger partial charge is 0.224 e. The molecule has 3 rings (SSSR count). The molecule has 0 bridgehead atoms. The minimum absolute atomic E-state index is 0.198. The average molecular weight is 316 g/mol.